The van der Waals surface area contributed by atoms with Gasteiger partial charge in [-0.1, -0.05) is 13.0 Å². The predicted octanol–water partition coefficient (Wildman–Crippen LogP) is 1.90. The Bertz CT molecular complexity index is 303. The van der Waals surface area contributed by atoms with Gasteiger partial charge in [0.1, 0.15) is 11.6 Å². The summed E-state index contributed by atoms with van der Waals surface area (Å²) in [4.78, 5) is 6.64. The van der Waals surface area contributed by atoms with Gasteiger partial charge in [0.15, 0.2) is 0 Å². The van der Waals surface area contributed by atoms with Crippen LogP contribution in [0.1, 0.15) is 19.8 Å². The van der Waals surface area contributed by atoms with Crippen LogP contribution in [0.4, 0.5) is 11.6 Å². The molecule has 2 heterocycles. The predicted molar refractivity (Wildman–Crippen MR) is 59.3 cm³/mol. The van der Waals surface area contributed by atoms with Gasteiger partial charge in [-0.25, -0.2) is 4.98 Å². The number of pyridine rings is 1. The summed E-state index contributed by atoms with van der Waals surface area (Å²) >= 11 is 0. The SMILES string of the molecule is CC1CCN(c2cccc(N)n2)CC1. The van der Waals surface area contributed by atoms with Crippen LogP contribution in [-0.4, -0.2) is 18.1 Å². The van der Waals surface area contributed by atoms with Gasteiger partial charge in [0.2, 0.25) is 0 Å². The molecule has 0 aromatic carbocycles. The highest BCUT2D eigenvalue weighted by Crippen LogP contribution is 2.21. The number of aromatic nitrogens is 1. The molecule has 1 aliphatic rings. The molecule has 0 saturated carbocycles. The zero-order valence-corrected chi connectivity index (χ0v) is 8.61. The maximum absolute atomic E-state index is 5.65. The second-order valence-corrected chi connectivity index (χ2v) is 4.09. The molecule has 0 radical (unpaired) electrons. The van der Waals surface area contributed by atoms with E-state index in [1.54, 1.807) is 0 Å². The highest BCUT2D eigenvalue weighted by Gasteiger charge is 2.16. The molecule has 0 bridgehead atoms. The topological polar surface area (TPSA) is 42.1 Å². The van der Waals surface area contributed by atoms with Gasteiger partial charge in [-0.2, -0.15) is 0 Å². The van der Waals surface area contributed by atoms with Crippen molar-refractivity contribution in [1.82, 2.24) is 4.98 Å². The van der Waals surface area contributed by atoms with Gasteiger partial charge in [0.05, 0.1) is 0 Å². The van der Waals surface area contributed by atoms with Gasteiger partial charge >= 0.3 is 0 Å². The standard InChI is InChI=1S/C11H17N3/c1-9-5-7-14(8-6-9)11-4-2-3-10(12)13-11/h2-4,9H,5-8H2,1H3,(H2,12,13). The minimum atomic E-state index is 0.612. The molecule has 1 saturated heterocycles. The molecule has 76 valence electrons. The summed E-state index contributed by atoms with van der Waals surface area (Å²) in [6, 6.07) is 5.83. The molecule has 0 spiro atoms. The van der Waals surface area contributed by atoms with Crippen LogP contribution >= 0.6 is 0 Å². The van der Waals surface area contributed by atoms with Crippen molar-refractivity contribution >= 4 is 11.6 Å². The highest BCUT2D eigenvalue weighted by atomic mass is 15.2. The van der Waals surface area contributed by atoms with Crippen LogP contribution in [-0.2, 0) is 0 Å². The number of nitrogen functional groups attached to an aromatic ring is 1. The fourth-order valence-corrected chi connectivity index (χ4v) is 1.85. The molecule has 14 heavy (non-hydrogen) atoms. The van der Waals surface area contributed by atoms with E-state index in [0.29, 0.717) is 5.82 Å². The minimum Gasteiger partial charge on any atom is -0.384 e. The minimum absolute atomic E-state index is 0.612. The summed E-state index contributed by atoms with van der Waals surface area (Å²) < 4.78 is 0. The summed E-state index contributed by atoms with van der Waals surface area (Å²) in [6.07, 6.45) is 2.52. The smallest absolute Gasteiger partial charge is 0.130 e. The zero-order chi connectivity index (χ0) is 9.97. The van der Waals surface area contributed by atoms with Gasteiger partial charge in [0.25, 0.3) is 0 Å². The van der Waals surface area contributed by atoms with Crippen molar-refractivity contribution in [3.8, 4) is 0 Å². The lowest BCUT2D eigenvalue weighted by molar-refractivity contribution is 0.436. The van der Waals surface area contributed by atoms with Gasteiger partial charge in [-0.15, -0.1) is 0 Å². The Hall–Kier alpha value is -1.25. The fraction of sp³-hybridized carbons (Fsp3) is 0.545. The largest absolute Gasteiger partial charge is 0.384 e. The average molecular weight is 191 g/mol. The van der Waals surface area contributed by atoms with Crippen LogP contribution in [0.5, 0.6) is 0 Å². The first-order valence-corrected chi connectivity index (χ1v) is 5.23. The van der Waals surface area contributed by atoms with Crippen molar-refractivity contribution in [3.05, 3.63) is 18.2 Å². The maximum Gasteiger partial charge on any atom is 0.130 e. The summed E-state index contributed by atoms with van der Waals surface area (Å²) in [5.74, 6) is 2.49. The van der Waals surface area contributed by atoms with Gasteiger partial charge in [-0.3, -0.25) is 0 Å². The summed E-state index contributed by atoms with van der Waals surface area (Å²) in [5, 5.41) is 0. The summed E-state index contributed by atoms with van der Waals surface area (Å²) in [7, 11) is 0. The normalized spacial score (nSPS) is 18.5. The summed E-state index contributed by atoms with van der Waals surface area (Å²) in [6.45, 7) is 4.53. The van der Waals surface area contributed by atoms with Crippen molar-refractivity contribution in [2.24, 2.45) is 5.92 Å². The Morgan fingerprint density at radius 3 is 2.71 bits per heavy atom. The van der Waals surface area contributed by atoms with E-state index in [0.717, 1.165) is 24.8 Å². The molecule has 0 unspecified atom stereocenters. The first-order valence-electron chi connectivity index (χ1n) is 5.23. The first kappa shape index (κ1) is 9.31. The third-order valence-corrected chi connectivity index (χ3v) is 2.86. The number of anilines is 2. The van der Waals surface area contributed by atoms with E-state index >= 15 is 0 Å². The average Bonchev–Trinajstić information content (AvgIpc) is 2.19. The van der Waals surface area contributed by atoms with Crippen LogP contribution in [0, 0.1) is 5.92 Å². The molecular weight excluding hydrogens is 174 g/mol. The highest BCUT2D eigenvalue weighted by molar-refractivity contribution is 5.44. The van der Waals surface area contributed by atoms with Crippen molar-refractivity contribution < 1.29 is 0 Å². The third-order valence-electron chi connectivity index (χ3n) is 2.86. The molecule has 0 atom stereocenters. The lowest BCUT2D eigenvalue weighted by Gasteiger charge is -2.31. The van der Waals surface area contributed by atoms with Crippen LogP contribution in [0.15, 0.2) is 18.2 Å². The first-order chi connectivity index (χ1) is 6.75. The van der Waals surface area contributed by atoms with Gasteiger partial charge < -0.3 is 10.6 Å². The van der Waals surface area contributed by atoms with Crippen molar-refractivity contribution in [3.63, 3.8) is 0 Å². The molecule has 0 aliphatic carbocycles. The second-order valence-electron chi connectivity index (χ2n) is 4.09. The van der Waals surface area contributed by atoms with Crippen LogP contribution < -0.4 is 10.6 Å². The molecule has 1 aliphatic heterocycles. The monoisotopic (exact) mass is 191 g/mol. The lowest BCUT2D eigenvalue weighted by atomic mass is 9.99. The number of piperidine rings is 1. The quantitative estimate of drug-likeness (QED) is 0.737. The zero-order valence-electron chi connectivity index (χ0n) is 8.61. The molecule has 1 aromatic heterocycles. The Morgan fingerprint density at radius 2 is 2.07 bits per heavy atom. The Balaban J connectivity index is 2.08. The molecule has 3 heteroatoms. The molecule has 3 nitrogen and oxygen atoms in total. The number of nitrogens with zero attached hydrogens (tertiary/aromatic N) is 2. The Kier molecular flexibility index (Phi) is 2.57. The number of hydrogen-bond donors (Lipinski definition) is 1. The van der Waals surface area contributed by atoms with Crippen molar-refractivity contribution in [1.29, 1.82) is 0 Å². The molecular formula is C11H17N3. The molecule has 2 rings (SSSR count). The van der Waals surface area contributed by atoms with Crippen LogP contribution in [0.3, 0.4) is 0 Å². The lowest BCUT2D eigenvalue weighted by Crippen LogP contribution is -2.33. The molecule has 1 fully saturated rings. The second kappa shape index (κ2) is 3.86. The van der Waals surface area contributed by atoms with E-state index in [2.05, 4.69) is 16.8 Å². The Morgan fingerprint density at radius 1 is 1.36 bits per heavy atom. The van der Waals surface area contributed by atoms with Gasteiger partial charge in [-0.05, 0) is 30.9 Å². The molecule has 0 amide bonds. The van der Waals surface area contributed by atoms with Gasteiger partial charge in [0, 0.05) is 13.1 Å². The Labute approximate surface area is 84.9 Å². The number of rotatable bonds is 1. The molecule has 1 aromatic rings. The van der Waals surface area contributed by atoms with E-state index < -0.39 is 0 Å². The van der Waals surface area contributed by atoms with Crippen molar-refractivity contribution in [2.75, 3.05) is 23.7 Å². The number of nitrogens with two attached hydrogens (primary N) is 1. The van der Waals surface area contributed by atoms with Crippen LogP contribution in [0.2, 0.25) is 0 Å². The maximum atomic E-state index is 5.65. The van der Waals surface area contributed by atoms with Crippen LogP contribution in [0.25, 0.3) is 0 Å². The summed E-state index contributed by atoms with van der Waals surface area (Å²) in [5.41, 5.74) is 5.65. The van der Waals surface area contributed by atoms with E-state index in [4.69, 9.17) is 5.73 Å². The van der Waals surface area contributed by atoms with E-state index in [9.17, 15) is 0 Å². The third kappa shape index (κ3) is 1.97. The van der Waals surface area contributed by atoms with E-state index in [-0.39, 0.29) is 0 Å². The fourth-order valence-electron chi connectivity index (χ4n) is 1.85. The number of hydrogen-bond acceptors (Lipinski definition) is 3. The van der Waals surface area contributed by atoms with Crippen molar-refractivity contribution in [2.45, 2.75) is 19.8 Å². The van der Waals surface area contributed by atoms with E-state index in [1.807, 2.05) is 18.2 Å². The molecule has 2 N–H and O–H groups in total. The van der Waals surface area contributed by atoms with E-state index in [1.165, 1.54) is 12.8 Å².